The van der Waals surface area contributed by atoms with Gasteiger partial charge in [0.25, 0.3) is 0 Å². The first-order chi connectivity index (χ1) is 8.92. The Bertz CT molecular complexity index is 542. The van der Waals surface area contributed by atoms with E-state index in [2.05, 4.69) is 4.72 Å². The Labute approximate surface area is 111 Å². The van der Waals surface area contributed by atoms with E-state index >= 15 is 0 Å². The number of halogens is 1. The fourth-order valence-corrected chi connectivity index (χ4v) is 3.81. The molecule has 1 aromatic rings. The highest BCUT2D eigenvalue weighted by atomic mass is 32.2. The number of hydrogen-bond acceptors (Lipinski definition) is 4. The predicted octanol–water partition coefficient (Wildman–Crippen LogP) is 0.990. The first kappa shape index (κ1) is 14.2. The van der Waals surface area contributed by atoms with Crippen molar-refractivity contribution in [2.24, 2.45) is 0 Å². The van der Waals surface area contributed by atoms with Crippen LogP contribution < -0.4 is 10.5 Å². The minimum Gasteiger partial charge on any atom is -0.398 e. The Morgan fingerprint density at radius 1 is 1.32 bits per heavy atom. The van der Waals surface area contributed by atoms with E-state index in [4.69, 9.17) is 5.73 Å². The first-order valence-electron chi connectivity index (χ1n) is 6.16. The van der Waals surface area contributed by atoms with Crippen LogP contribution in [-0.2, 0) is 10.0 Å². The molecular formula is C12H17FN2O3S. The summed E-state index contributed by atoms with van der Waals surface area (Å²) in [5, 5.41) is 9.77. The van der Waals surface area contributed by atoms with Crippen LogP contribution in [0.15, 0.2) is 23.1 Å². The summed E-state index contributed by atoms with van der Waals surface area (Å²) in [7, 11) is -4.06. The van der Waals surface area contributed by atoms with Gasteiger partial charge in [-0.25, -0.2) is 17.5 Å². The number of aliphatic hydroxyl groups is 1. The van der Waals surface area contributed by atoms with Gasteiger partial charge in [-0.15, -0.1) is 0 Å². The maximum atomic E-state index is 13.6. The van der Waals surface area contributed by atoms with Gasteiger partial charge < -0.3 is 10.8 Å². The third-order valence-electron chi connectivity index (χ3n) is 3.30. The Hall–Kier alpha value is -1.18. The molecule has 2 unspecified atom stereocenters. The number of nitrogen functional groups attached to an aromatic ring is 1. The molecule has 19 heavy (non-hydrogen) atoms. The van der Waals surface area contributed by atoms with Gasteiger partial charge in [-0.05, 0) is 25.0 Å². The second-order valence-corrected chi connectivity index (χ2v) is 6.39. The van der Waals surface area contributed by atoms with E-state index in [1.54, 1.807) is 0 Å². The third kappa shape index (κ3) is 3.05. The minimum absolute atomic E-state index is 0.141. The molecule has 2 atom stereocenters. The molecule has 0 amide bonds. The monoisotopic (exact) mass is 288 g/mol. The molecule has 4 N–H and O–H groups in total. The highest BCUT2D eigenvalue weighted by Crippen LogP contribution is 2.24. The zero-order valence-corrected chi connectivity index (χ0v) is 11.2. The Morgan fingerprint density at radius 3 is 2.63 bits per heavy atom. The summed E-state index contributed by atoms with van der Waals surface area (Å²) in [4.78, 5) is -0.548. The number of aliphatic hydroxyl groups excluding tert-OH is 1. The summed E-state index contributed by atoms with van der Waals surface area (Å²) >= 11 is 0. The van der Waals surface area contributed by atoms with Crippen LogP contribution in [0.25, 0.3) is 0 Å². The number of anilines is 1. The number of sulfonamides is 1. The van der Waals surface area contributed by atoms with Crippen molar-refractivity contribution < 1.29 is 17.9 Å². The summed E-state index contributed by atoms with van der Waals surface area (Å²) in [5.74, 6) is -0.891. The average Bonchev–Trinajstić information content (AvgIpc) is 2.31. The third-order valence-corrected chi connectivity index (χ3v) is 4.88. The molecule has 1 fully saturated rings. The van der Waals surface area contributed by atoms with Crippen molar-refractivity contribution >= 4 is 15.7 Å². The molecular weight excluding hydrogens is 271 g/mol. The van der Waals surface area contributed by atoms with E-state index < -0.39 is 32.9 Å². The van der Waals surface area contributed by atoms with Crippen LogP contribution >= 0.6 is 0 Å². The van der Waals surface area contributed by atoms with E-state index in [-0.39, 0.29) is 5.69 Å². The van der Waals surface area contributed by atoms with Gasteiger partial charge in [0, 0.05) is 6.04 Å². The molecule has 0 heterocycles. The zero-order chi connectivity index (χ0) is 14.0. The van der Waals surface area contributed by atoms with Crippen molar-refractivity contribution in [3.05, 3.63) is 24.0 Å². The summed E-state index contributed by atoms with van der Waals surface area (Å²) in [6.07, 6.45) is 2.03. The molecule has 0 aromatic heterocycles. The maximum Gasteiger partial charge on any atom is 0.245 e. The fraction of sp³-hybridized carbons (Fsp3) is 0.500. The predicted molar refractivity (Wildman–Crippen MR) is 69.4 cm³/mol. The van der Waals surface area contributed by atoms with E-state index in [0.717, 1.165) is 18.9 Å². The largest absolute Gasteiger partial charge is 0.398 e. The number of hydrogen-bond donors (Lipinski definition) is 3. The summed E-state index contributed by atoms with van der Waals surface area (Å²) in [5.41, 5.74) is 5.38. The SMILES string of the molecule is Nc1cccc(F)c1S(=O)(=O)NC1CCCCC1O. The number of nitrogens with two attached hydrogens (primary N) is 1. The van der Waals surface area contributed by atoms with Crippen LogP contribution in [0.5, 0.6) is 0 Å². The minimum atomic E-state index is -4.06. The highest BCUT2D eigenvalue weighted by molar-refractivity contribution is 7.89. The molecule has 1 saturated carbocycles. The van der Waals surface area contributed by atoms with Gasteiger partial charge in [0.2, 0.25) is 10.0 Å². The van der Waals surface area contributed by atoms with Crippen LogP contribution in [0.3, 0.4) is 0 Å². The van der Waals surface area contributed by atoms with Crippen LogP contribution in [-0.4, -0.2) is 25.7 Å². The van der Waals surface area contributed by atoms with Gasteiger partial charge in [0.05, 0.1) is 11.8 Å². The van der Waals surface area contributed by atoms with Crippen molar-refractivity contribution in [1.82, 2.24) is 4.72 Å². The molecule has 5 nitrogen and oxygen atoms in total. The zero-order valence-electron chi connectivity index (χ0n) is 10.3. The van der Waals surface area contributed by atoms with E-state index in [9.17, 15) is 17.9 Å². The second kappa shape index (κ2) is 5.44. The lowest BCUT2D eigenvalue weighted by atomic mass is 9.93. The van der Waals surface area contributed by atoms with Crippen molar-refractivity contribution in [3.63, 3.8) is 0 Å². The number of nitrogens with one attached hydrogen (secondary N) is 1. The molecule has 106 valence electrons. The van der Waals surface area contributed by atoms with Crippen molar-refractivity contribution in [3.8, 4) is 0 Å². The number of rotatable bonds is 3. The Balaban J connectivity index is 2.27. The Morgan fingerprint density at radius 2 is 2.00 bits per heavy atom. The molecule has 2 rings (SSSR count). The van der Waals surface area contributed by atoms with Crippen molar-refractivity contribution in [2.75, 3.05) is 5.73 Å². The van der Waals surface area contributed by atoms with Gasteiger partial charge in [-0.3, -0.25) is 0 Å². The van der Waals surface area contributed by atoms with E-state index in [0.29, 0.717) is 12.8 Å². The lowest BCUT2D eigenvalue weighted by Gasteiger charge is -2.28. The molecule has 0 aliphatic heterocycles. The first-order valence-corrected chi connectivity index (χ1v) is 7.64. The normalized spacial score (nSPS) is 24.3. The quantitative estimate of drug-likeness (QED) is 0.723. The summed E-state index contributed by atoms with van der Waals surface area (Å²) in [6, 6.07) is 3.13. The fourth-order valence-electron chi connectivity index (χ4n) is 2.32. The lowest BCUT2D eigenvalue weighted by Crippen LogP contribution is -2.45. The molecule has 0 spiro atoms. The van der Waals surface area contributed by atoms with Crippen molar-refractivity contribution in [2.45, 2.75) is 42.7 Å². The number of benzene rings is 1. The van der Waals surface area contributed by atoms with Gasteiger partial charge in [0.1, 0.15) is 10.7 Å². The molecule has 0 bridgehead atoms. The van der Waals surface area contributed by atoms with Gasteiger partial charge >= 0.3 is 0 Å². The van der Waals surface area contributed by atoms with Crippen LogP contribution in [0.4, 0.5) is 10.1 Å². The van der Waals surface area contributed by atoms with Crippen LogP contribution in [0.1, 0.15) is 25.7 Å². The molecule has 1 aliphatic rings. The highest BCUT2D eigenvalue weighted by Gasteiger charge is 2.30. The van der Waals surface area contributed by atoms with E-state index in [1.165, 1.54) is 12.1 Å². The topological polar surface area (TPSA) is 92.4 Å². The molecule has 1 aliphatic carbocycles. The van der Waals surface area contributed by atoms with E-state index in [1.807, 2.05) is 0 Å². The van der Waals surface area contributed by atoms with Gasteiger partial charge in [-0.2, -0.15) is 0 Å². The molecule has 0 radical (unpaired) electrons. The lowest BCUT2D eigenvalue weighted by molar-refractivity contribution is 0.101. The van der Waals surface area contributed by atoms with Crippen molar-refractivity contribution in [1.29, 1.82) is 0 Å². The molecule has 7 heteroatoms. The second-order valence-electron chi connectivity index (χ2n) is 4.74. The molecule has 0 saturated heterocycles. The molecule has 1 aromatic carbocycles. The standard InChI is InChI=1S/C12H17FN2O3S/c13-8-4-3-5-9(14)12(8)19(17,18)15-10-6-1-2-7-11(10)16/h3-5,10-11,15-16H,1-2,6-7,14H2. The summed E-state index contributed by atoms with van der Waals surface area (Å²) < 4.78 is 40.3. The van der Waals surface area contributed by atoms with Crippen LogP contribution in [0, 0.1) is 5.82 Å². The Kier molecular flexibility index (Phi) is 4.07. The van der Waals surface area contributed by atoms with Gasteiger partial charge in [-0.1, -0.05) is 18.9 Å². The van der Waals surface area contributed by atoms with Gasteiger partial charge in [0.15, 0.2) is 0 Å². The smallest absolute Gasteiger partial charge is 0.245 e. The summed E-state index contributed by atoms with van der Waals surface area (Å²) in [6.45, 7) is 0. The maximum absolute atomic E-state index is 13.6. The van der Waals surface area contributed by atoms with Crippen LogP contribution in [0.2, 0.25) is 0 Å². The average molecular weight is 288 g/mol.